The van der Waals surface area contributed by atoms with Crippen molar-refractivity contribution in [2.75, 3.05) is 38.4 Å². The highest BCUT2D eigenvalue weighted by Gasteiger charge is 2.45. The van der Waals surface area contributed by atoms with E-state index < -0.39 is 17.4 Å². The molecule has 1 aliphatic heterocycles. The maximum absolute atomic E-state index is 13.7. The summed E-state index contributed by atoms with van der Waals surface area (Å²) < 4.78 is 7.07. The fourth-order valence-electron chi connectivity index (χ4n) is 5.20. The summed E-state index contributed by atoms with van der Waals surface area (Å²) in [6, 6.07) is 14.2. The second-order valence-corrected chi connectivity index (χ2v) is 10.7. The number of carbonyl (C=O) groups is 3. The van der Waals surface area contributed by atoms with Crippen LogP contribution in [-0.4, -0.2) is 65.2 Å². The molecule has 1 atom stereocenters. The normalized spacial score (nSPS) is 14.3. The predicted molar refractivity (Wildman–Crippen MR) is 158 cm³/mol. The number of amides is 4. The summed E-state index contributed by atoms with van der Waals surface area (Å²) in [5.41, 5.74) is 2.68. The van der Waals surface area contributed by atoms with Gasteiger partial charge in [-0.2, -0.15) is 5.10 Å². The summed E-state index contributed by atoms with van der Waals surface area (Å²) in [5, 5.41) is 13.3. The molecule has 0 aliphatic carbocycles. The van der Waals surface area contributed by atoms with E-state index in [1.54, 1.807) is 28.8 Å². The second-order valence-electron chi connectivity index (χ2n) is 10.7. The van der Waals surface area contributed by atoms with E-state index in [2.05, 4.69) is 27.6 Å². The fraction of sp³-hybridized carbons (Fsp3) is 0.333. The molecule has 216 valence electrons. The fourth-order valence-corrected chi connectivity index (χ4v) is 5.20. The molecule has 0 radical (unpaired) electrons. The summed E-state index contributed by atoms with van der Waals surface area (Å²) >= 11 is 0. The quantitative estimate of drug-likeness (QED) is 0.343. The predicted octanol–water partition coefficient (Wildman–Crippen LogP) is 3.87. The van der Waals surface area contributed by atoms with Crippen molar-refractivity contribution in [2.45, 2.75) is 32.0 Å². The zero-order valence-electron chi connectivity index (χ0n) is 24.3. The van der Waals surface area contributed by atoms with Gasteiger partial charge >= 0.3 is 6.03 Å². The van der Waals surface area contributed by atoms with Crippen molar-refractivity contribution in [3.8, 4) is 5.75 Å². The molecule has 0 unspecified atom stereocenters. The van der Waals surface area contributed by atoms with E-state index in [0.29, 0.717) is 29.4 Å². The highest BCUT2D eigenvalue weighted by atomic mass is 16.5. The second kappa shape index (κ2) is 11.8. The van der Waals surface area contributed by atoms with Crippen molar-refractivity contribution in [1.82, 2.24) is 24.9 Å². The molecular formula is C30H37N7O4. The lowest BCUT2D eigenvalue weighted by atomic mass is 10.0. The topological polar surface area (TPSA) is 121 Å². The standard InChI is InChI=1S/C30H37N7O4/c1-8-25(38)31-22-15-14-20(16-24(22)41-7)28(39)33-27-21-17-37(30(2,3)26(21)36(6)34-27)29(40)32-23(18-35(4)5)19-12-10-9-11-13-19/h8-16,23H,1,17-18H2,2-7H3,(H,31,38)(H,32,40)(H,33,34,39)/t23-/m1/s1. The Morgan fingerprint density at radius 1 is 1.15 bits per heavy atom. The molecule has 4 amide bonds. The van der Waals surface area contributed by atoms with Gasteiger partial charge in [0.05, 0.1) is 36.6 Å². The molecule has 1 aliphatic rings. The molecular weight excluding hydrogens is 522 g/mol. The molecule has 0 spiro atoms. The number of anilines is 2. The zero-order valence-corrected chi connectivity index (χ0v) is 24.3. The number of rotatable bonds is 9. The number of hydrogen-bond donors (Lipinski definition) is 3. The lowest BCUT2D eigenvalue weighted by Gasteiger charge is -2.34. The van der Waals surface area contributed by atoms with Crippen LogP contribution in [0.3, 0.4) is 0 Å². The van der Waals surface area contributed by atoms with Crippen LogP contribution in [0.25, 0.3) is 0 Å². The Balaban J connectivity index is 1.55. The summed E-state index contributed by atoms with van der Waals surface area (Å²) in [4.78, 5) is 42.5. The molecule has 0 saturated carbocycles. The molecule has 4 rings (SSSR count). The van der Waals surface area contributed by atoms with Crippen LogP contribution in [0.4, 0.5) is 16.3 Å². The first-order valence-electron chi connectivity index (χ1n) is 13.2. The van der Waals surface area contributed by atoms with E-state index in [1.165, 1.54) is 13.2 Å². The van der Waals surface area contributed by atoms with Gasteiger partial charge < -0.3 is 30.5 Å². The number of urea groups is 1. The van der Waals surface area contributed by atoms with E-state index in [-0.39, 0.29) is 18.6 Å². The maximum Gasteiger partial charge on any atom is 0.319 e. The maximum atomic E-state index is 13.7. The zero-order chi connectivity index (χ0) is 29.9. The molecule has 0 saturated heterocycles. The number of hydrogen-bond acceptors (Lipinski definition) is 6. The van der Waals surface area contributed by atoms with Crippen LogP contribution in [-0.2, 0) is 23.9 Å². The summed E-state index contributed by atoms with van der Waals surface area (Å²) in [6.45, 7) is 8.29. The number of carbonyl (C=O) groups excluding carboxylic acids is 3. The number of aromatic nitrogens is 2. The van der Waals surface area contributed by atoms with E-state index in [9.17, 15) is 14.4 Å². The highest BCUT2D eigenvalue weighted by Crippen LogP contribution is 2.42. The van der Waals surface area contributed by atoms with Gasteiger partial charge in [-0.15, -0.1) is 0 Å². The van der Waals surface area contributed by atoms with Gasteiger partial charge in [-0.3, -0.25) is 14.3 Å². The molecule has 1 aromatic heterocycles. The minimum absolute atomic E-state index is 0.204. The van der Waals surface area contributed by atoms with Gasteiger partial charge in [0.15, 0.2) is 5.82 Å². The first-order valence-corrected chi connectivity index (χ1v) is 13.2. The minimum atomic E-state index is -0.683. The van der Waals surface area contributed by atoms with Crippen LogP contribution >= 0.6 is 0 Å². The van der Waals surface area contributed by atoms with E-state index in [4.69, 9.17) is 4.74 Å². The molecule has 3 aromatic rings. The molecule has 41 heavy (non-hydrogen) atoms. The number of nitrogens with one attached hydrogen (secondary N) is 3. The molecule has 11 heteroatoms. The average molecular weight is 560 g/mol. The number of likely N-dealkylation sites (N-methyl/N-ethyl adjacent to an activating group) is 1. The van der Waals surface area contributed by atoms with Crippen molar-refractivity contribution >= 4 is 29.4 Å². The largest absolute Gasteiger partial charge is 0.495 e. The summed E-state index contributed by atoms with van der Waals surface area (Å²) in [6.07, 6.45) is 1.15. The number of ether oxygens (including phenoxy) is 1. The van der Waals surface area contributed by atoms with Gasteiger partial charge in [0.1, 0.15) is 5.75 Å². The average Bonchev–Trinajstić information content (AvgIpc) is 3.41. The number of aryl methyl sites for hydroxylation is 1. The first-order chi connectivity index (χ1) is 19.5. The third-order valence-corrected chi connectivity index (χ3v) is 7.15. The molecule has 0 bridgehead atoms. The van der Waals surface area contributed by atoms with Crippen LogP contribution < -0.4 is 20.7 Å². The summed E-state index contributed by atoms with van der Waals surface area (Å²) in [5.74, 6) is -0.0836. The Labute approximate surface area is 240 Å². The molecule has 2 heterocycles. The smallest absolute Gasteiger partial charge is 0.319 e. The lowest BCUT2D eigenvalue weighted by Crippen LogP contribution is -2.49. The van der Waals surface area contributed by atoms with Gasteiger partial charge in [-0.05, 0) is 57.8 Å². The van der Waals surface area contributed by atoms with Gasteiger partial charge in [0, 0.05) is 24.7 Å². The third kappa shape index (κ3) is 6.09. The number of nitrogens with zero attached hydrogens (tertiary/aromatic N) is 4. The Bertz CT molecular complexity index is 1460. The number of methoxy groups -OCH3 is 1. The van der Waals surface area contributed by atoms with Crippen LogP contribution in [0.15, 0.2) is 61.2 Å². The lowest BCUT2D eigenvalue weighted by molar-refractivity contribution is -0.111. The SMILES string of the molecule is C=CC(=O)Nc1ccc(C(=O)Nc2nn(C)c3c2CN(C(=O)N[C@H](CN(C)C)c2ccccc2)C3(C)C)cc1OC. The van der Waals surface area contributed by atoms with Crippen LogP contribution in [0.5, 0.6) is 5.75 Å². The molecule has 0 fully saturated rings. The van der Waals surface area contributed by atoms with Crippen molar-refractivity contribution in [1.29, 1.82) is 0 Å². The van der Waals surface area contributed by atoms with Crippen molar-refractivity contribution in [2.24, 2.45) is 7.05 Å². The summed E-state index contributed by atoms with van der Waals surface area (Å²) in [7, 11) is 7.20. The molecule has 2 aromatic carbocycles. The van der Waals surface area contributed by atoms with Crippen molar-refractivity contribution in [3.63, 3.8) is 0 Å². The monoisotopic (exact) mass is 559 g/mol. The Kier molecular flexibility index (Phi) is 8.48. The molecule has 3 N–H and O–H groups in total. The van der Waals surface area contributed by atoms with Gasteiger partial charge in [0.2, 0.25) is 5.91 Å². The Morgan fingerprint density at radius 2 is 1.85 bits per heavy atom. The highest BCUT2D eigenvalue weighted by molar-refractivity contribution is 6.06. The van der Waals surface area contributed by atoms with Crippen LogP contribution in [0.2, 0.25) is 0 Å². The van der Waals surface area contributed by atoms with Gasteiger partial charge in [0.25, 0.3) is 5.91 Å². The number of benzene rings is 2. The van der Waals surface area contributed by atoms with E-state index >= 15 is 0 Å². The Hall–Kier alpha value is -4.64. The van der Waals surface area contributed by atoms with E-state index in [1.807, 2.05) is 63.2 Å². The van der Waals surface area contributed by atoms with Crippen molar-refractivity contribution < 1.29 is 19.1 Å². The Morgan fingerprint density at radius 3 is 2.49 bits per heavy atom. The van der Waals surface area contributed by atoms with Crippen LogP contribution in [0.1, 0.15) is 47.1 Å². The first kappa shape index (κ1) is 29.3. The van der Waals surface area contributed by atoms with E-state index in [0.717, 1.165) is 22.9 Å². The van der Waals surface area contributed by atoms with Crippen LogP contribution in [0, 0.1) is 0 Å². The van der Waals surface area contributed by atoms with Crippen molar-refractivity contribution in [3.05, 3.63) is 83.6 Å². The van der Waals surface area contributed by atoms with Gasteiger partial charge in [-0.1, -0.05) is 36.9 Å². The molecule has 11 nitrogen and oxygen atoms in total. The van der Waals surface area contributed by atoms with Gasteiger partial charge in [-0.25, -0.2) is 4.79 Å². The third-order valence-electron chi connectivity index (χ3n) is 7.15. The minimum Gasteiger partial charge on any atom is -0.495 e. The number of fused-ring (bicyclic) bond motifs is 1.